The number of tetrazole rings is 1. The van der Waals surface area contributed by atoms with Crippen molar-refractivity contribution in [3.8, 4) is 11.5 Å². The fraction of sp³-hybridized carbons (Fsp3) is 0.167. The number of rotatable bonds is 9. The average Bonchev–Trinajstić information content (AvgIpc) is 3.30. The van der Waals surface area contributed by atoms with E-state index < -0.39 is 0 Å². The van der Waals surface area contributed by atoms with Crippen LogP contribution in [0.25, 0.3) is 0 Å². The van der Waals surface area contributed by atoms with Crippen LogP contribution in [-0.4, -0.2) is 26.1 Å². The van der Waals surface area contributed by atoms with Crippen LogP contribution in [0, 0.1) is 0 Å². The third-order valence-corrected chi connectivity index (χ3v) is 4.72. The number of aryl methyl sites for hydroxylation is 1. The van der Waals surface area contributed by atoms with Gasteiger partial charge in [0.15, 0.2) is 5.82 Å². The summed E-state index contributed by atoms with van der Waals surface area (Å²) in [6, 6.07) is 24.1. The fourth-order valence-electron chi connectivity index (χ4n) is 3.05. The summed E-state index contributed by atoms with van der Waals surface area (Å²) in [7, 11) is 0. The molecule has 1 amide bonds. The highest BCUT2D eigenvalue weighted by atomic mass is 16.5. The Morgan fingerprint density at radius 1 is 0.906 bits per heavy atom. The first-order valence-electron chi connectivity index (χ1n) is 10.3. The minimum atomic E-state index is -0.201. The quantitative estimate of drug-likeness (QED) is 0.431. The van der Waals surface area contributed by atoms with Gasteiger partial charge < -0.3 is 14.8 Å². The van der Waals surface area contributed by atoms with Gasteiger partial charge >= 0.3 is 0 Å². The third kappa shape index (κ3) is 5.48. The van der Waals surface area contributed by atoms with E-state index in [0.29, 0.717) is 36.0 Å². The van der Waals surface area contributed by atoms with Crippen LogP contribution < -0.4 is 14.8 Å². The second kappa shape index (κ2) is 10.2. The molecule has 1 N–H and O–H groups in total. The lowest BCUT2D eigenvalue weighted by Crippen LogP contribution is -2.12. The molecule has 0 saturated heterocycles. The number of hydrogen-bond acceptors (Lipinski definition) is 6. The molecule has 0 unspecified atom stereocenters. The van der Waals surface area contributed by atoms with E-state index >= 15 is 0 Å². The maximum absolute atomic E-state index is 12.6. The van der Waals surface area contributed by atoms with E-state index in [1.165, 1.54) is 0 Å². The van der Waals surface area contributed by atoms with Gasteiger partial charge in [-0.25, -0.2) is 4.68 Å². The van der Waals surface area contributed by atoms with Crippen molar-refractivity contribution < 1.29 is 14.3 Å². The van der Waals surface area contributed by atoms with Gasteiger partial charge in [0.05, 0.1) is 0 Å². The number of nitrogens with one attached hydrogen (secondary N) is 1. The zero-order valence-electron chi connectivity index (χ0n) is 17.6. The molecule has 0 aliphatic carbocycles. The normalized spacial score (nSPS) is 10.5. The summed E-state index contributed by atoms with van der Waals surface area (Å²) in [5, 5.41) is 14.4. The van der Waals surface area contributed by atoms with Crippen molar-refractivity contribution in [2.45, 2.75) is 26.7 Å². The molecule has 8 nitrogen and oxygen atoms in total. The summed E-state index contributed by atoms with van der Waals surface area (Å²) in [5.41, 5.74) is 2.20. The van der Waals surface area contributed by atoms with Gasteiger partial charge in [0.25, 0.3) is 5.91 Å². The van der Waals surface area contributed by atoms with Crippen molar-refractivity contribution in [2.75, 3.05) is 5.32 Å². The van der Waals surface area contributed by atoms with Crippen LogP contribution in [0.4, 0.5) is 5.69 Å². The van der Waals surface area contributed by atoms with Crippen LogP contribution in [0.15, 0.2) is 78.9 Å². The standard InChI is InChI=1S/C24H23N5O3/c1-2-29-23(26-27-28-29)17-32-22-13-11-19(12-14-22)24(30)25-20-8-6-7-18(15-20)16-31-21-9-4-3-5-10-21/h3-15H,2,16-17H2,1H3,(H,25,30). The lowest BCUT2D eigenvalue weighted by Gasteiger charge is -2.10. The molecule has 0 spiro atoms. The zero-order valence-corrected chi connectivity index (χ0v) is 17.6. The van der Waals surface area contributed by atoms with Crippen molar-refractivity contribution in [2.24, 2.45) is 0 Å². The van der Waals surface area contributed by atoms with Gasteiger partial charge in [0, 0.05) is 17.8 Å². The van der Waals surface area contributed by atoms with Crippen molar-refractivity contribution in [3.63, 3.8) is 0 Å². The first-order valence-corrected chi connectivity index (χ1v) is 10.3. The van der Waals surface area contributed by atoms with E-state index in [1.54, 1.807) is 28.9 Å². The smallest absolute Gasteiger partial charge is 0.255 e. The monoisotopic (exact) mass is 429 g/mol. The van der Waals surface area contributed by atoms with E-state index in [9.17, 15) is 4.79 Å². The van der Waals surface area contributed by atoms with Crippen molar-refractivity contribution in [3.05, 3.63) is 95.8 Å². The highest BCUT2D eigenvalue weighted by molar-refractivity contribution is 6.04. The van der Waals surface area contributed by atoms with E-state index in [-0.39, 0.29) is 12.5 Å². The number of benzene rings is 3. The molecule has 0 aliphatic heterocycles. The lowest BCUT2D eigenvalue weighted by molar-refractivity contribution is 0.102. The molecule has 4 aromatic rings. The highest BCUT2D eigenvalue weighted by Crippen LogP contribution is 2.18. The molecule has 0 saturated carbocycles. The van der Waals surface area contributed by atoms with Gasteiger partial charge in [-0.15, -0.1) is 5.10 Å². The zero-order chi connectivity index (χ0) is 22.2. The first kappa shape index (κ1) is 21.0. The van der Waals surface area contributed by atoms with E-state index in [4.69, 9.17) is 9.47 Å². The second-order valence-electron chi connectivity index (χ2n) is 6.98. The molecule has 0 atom stereocenters. The van der Waals surface area contributed by atoms with Crippen molar-refractivity contribution in [1.29, 1.82) is 0 Å². The Hall–Kier alpha value is -4.20. The van der Waals surface area contributed by atoms with Gasteiger partial charge in [-0.1, -0.05) is 30.3 Å². The number of hydrogen-bond donors (Lipinski definition) is 1. The van der Waals surface area contributed by atoms with Gasteiger partial charge in [-0.05, 0) is 71.4 Å². The first-order chi connectivity index (χ1) is 15.7. The number of ether oxygens (including phenoxy) is 2. The predicted molar refractivity (Wildman–Crippen MR) is 119 cm³/mol. The number of nitrogens with zero attached hydrogens (tertiary/aromatic N) is 4. The van der Waals surface area contributed by atoms with E-state index in [1.807, 2.05) is 61.5 Å². The van der Waals surface area contributed by atoms with Crippen molar-refractivity contribution >= 4 is 11.6 Å². The number of aromatic nitrogens is 4. The van der Waals surface area contributed by atoms with Crippen LogP contribution in [0.3, 0.4) is 0 Å². The molecule has 4 rings (SSSR count). The Bertz CT molecular complexity index is 1160. The SMILES string of the molecule is CCn1nnnc1COc1ccc(C(=O)Nc2cccc(COc3ccccc3)c2)cc1. The lowest BCUT2D eigenvalue weighted by atomic mass is 10.1. The molecular formula is C24H23N5O3. The molecule has 0 bridgehead atoms. The minimum Gasteiger partial charge on any atom is -0.489 e. The van der Waals surface area contributed by atoms with Gasteiger partial charge in [-0.2, -0.15) is 0 Å². The van der Waals surface area contributed by atoms with Crippen molar-refractivity contribution in [1.82, 2.24) is 20.2 Å². The molecule has 1 heterocycles. The Morgan fingerprint density at radius 3 is 2.44 bits per heavy atom. The number of carbonyl (C=O) groups excluding carboxylic acids is 1. The molecule has 1 aromatic heterocycles. The molecule has 162 valence electrons. The number of anilines is 1. The minimum absolute atomic E-state index is 0.201. The third-order valence-electron chi connectivity index (χ3n) is 4.72. The van der Waals surface area contributed by atoms with E-state index in [2.05, 4.69) is 20.8 Å². The summed E-state index contributed by atoms with van der Waals surface area (Å²) in [5.74, 6) is 1.88. The summed E-state index contributed by atoms with van der Waals surface area (Å²) in [6.45, 7) is 3.30. The average molecular weight is 429 g/mol. The van der Waals surface area contributed by atoms with E-state index in [0.717, 1.165) is 11.3 Å². The van der Waals surface area contributed by atoms with Gasteiger partial charge in [0.2, 0.25) is 0 Å². The molecule has 0 radical (unpaired) electrons. The molecule has 8 heteroatoms. The van der Waals surface area contributed by atoms with Crippen LogP contribution in [-0.2, 0) is 19.8 Å². The van der Waals surface area contributed by atoms with Gasteiger partial charge in [-0.3, -0.25) is 4.79 Å². The molecule has 32 heavy (non-hydrogen) atoms. The summed E-state index contributed by atoms with van der Waals surface area (Å²) < 4.78 is 13.2. The predicted octanol–water partition coefficient (Wildman–Crippen LogP) is 4.10. The molecule has 0 fully saturated rings. The molecular weight excluding hydrogens is 406 g/mol. The maximum atomic E-state index is 12.6. The maximum Gasteiger partial charge on any atom is 0.255 e. The van der Waals surface area contributed by atoms with Crippen LogP contribution in [0.1, 0.15) is 28.7 Å². The topological polar surface area (TPSA) is 91.2 Å². The number of carbonyl (C=O) groups is 1. The summed E-state index contributed by atoms with van der Waals surface area (Å²) in [6.07, 6.45) is 0. The molecule has 3 aromatic carbocycles. The largest absolute Gasteiger partial charge is 0.489 e. The Balaban J connectivity index is 1.32. The Labute approximate surface area is 185 Å². The summed E-state index contributed by atoms with van der Waals surface area (Å²) >= 11 is 0. The summed E-state index contributed by atoms with van der Waals surface area (Å²) in [4.78, 5) is 12.6. The Kier molecular flexibility index (Phi) is 6.72. The second-order valence-corrected chi connectivity index (χ2v) is 6.98. The Morgan fingerprint density at radius 2 is 1.66 bits per heavy atom. The fourth-order valence-corrected chi connectivity index (χ4v) is 3.05. The van der Waals surface area contributed by atoms with Crippen LogP contribution >= 0.6 is 0 Å². The van der Waals surface area contributed by atoms with Gasteiger partial charge in [0.1, 0.15) is 24.7 Å². The number of amides is 1. The van der Waals surface area contributed by atoms with Crippen LogP contribution in [0.2, 0.25) is 0 Å². The molecule has 0 aliphatic rings. The van der Waals surface area contributed by atoms with Crippen LogP contribution in [0.5, 0.6) is 11.5 Å². The number of para-hydroxylation sites is 1. The highest BCUT2D eigenvalue weighted by Gasteiger charge is 2.09.